The van der Waals surface area contributed by atoms with Crippen molar-refractivity contribution in [1.29, 1.82) is 0 Å². The first-order chi connectivity index (χ1) is 9.06. The molecule has 1 N–H and O–H groups in total. The van der Waals surface area contributed by atoms with Crippen LogP contribution in [0.2, 0.25) is 0 Å². The molecular formula is C15H23NO3. The van der Waals surface area contributed by atoms with Crippen LogP contribution in [0.4, 0.5) is 0 Å². The van der Waals surface area contributed by atoms with Crippen LogP contribution in [0.1, 0.15) is 39.0 Å². The summed E-state index contributed by atoms with van der Waals surface area (Å²) < 4.78 is 5.50. The van der Waals surface area contributed by atoms with Crippen LogP contribution >= 0.6 is 0 Å². The Hall–Kier alpha value is -1.05. The summed E-state index contributed by atoms with van der Waals surface area (Å²) in [5.74, 6) is 4.76. The Morgan fingerprint density at radius 1 is 1.32 bits per heavy atom. The number of piperidine rings is 1. The molecule has 1 saturated heterocycles. The van der Waals surface area contributed by atoms with Crippen molar-refractivity contribution in [1.82, 2.24) is 4.90 Å². The summed E-state index contributed by atoms with van der Waals surface area (Å²) in [5, 5.41) is 10.5. The first-order valence-corrected chi connectivity index (χ1v) is 7.12. The monoisotopic (exact) mass is 265 g/mol. The maximum Gasteiger partial charge on any atom is 0.351 e. The summed E-state index contributed by atoms with van der Waals surface area (Å²) in [6.45, 7) is 3.50. The van der Waals surface area contributed by atoms with Gasteiger partial charge in [-0.2, -0.15) is 0 Å². The van der Waals surface area contributed by atoms with Crippen molar-refractivity contribution in [3.05, 3.63) is 0 Å². The summed E-state index contributed by atoms with van der Waals surface area (Å²) in [6.07, 6.45) is 4.36. The van der Waals surface area contributed by atoms with E-state index in [2.05, 4.69) is 23.8 Å². The molecule has 4 heteroatoms. The lowest BCUT2D eigenvalue weighted by atomic mass is 9.73. The second-order valence-corrected chi connectivity index (χ2v) is 5.68. The minimum atomic E-state index is -1.59. The number of nitrogens with zero attached hydrogens (tertiary/aromatic N) is 1. The van der Waals surface area contributed by atoms with Gasteiger partial charge in [0.1, 0.15) is 6.10 Å². The number of ether oxygens (including phenoxy) is 1. The summed E-state index contributed by atoms with van der Waals surface area (Å²) in [5.41, 5.74) is -1.59. The Morgan fingerprint density at radius 2 is 1.95 bits per heavy atom. The number of carbonyl (C=O) groups excluding carboxylic acids is 1. The maximum absolute atomic E-state index is 12.3. The highest BCUT2D eigenvalue weighted by Crippen LogP contribution is 2.37. The Labute approximate surface area is 115 Å². The molecule has 2 aliphatic rings. The van der Waals surface area contributed by atoms with Gasteiger partial charge in [0.2, 0.25) is 5.60 Å². The topological polar surface area (TPSA) is 49.8 Å². The third-order valence-corrected chi connectivity index (χ3v) is 4.26. The van der Waals surface area contributed by atoms with Gasteiger partial charge in [0.15, 0.2) is 0 Å². The van der Waals surface area contributed by atoms with Crippen LogP contribution in [0.3, 0.4) is 0 Å². The van der Waals surface area contributed by atoms with Crippen molar-refractivity contribution >= 4 is 5.97 Å². The fourth-order valence-corrected chi connectivity index (χ4v) is 2.68. The number of hydrogen-bond donors (Lipinski definition) is 1. The van der Waals surface area contributed by atoms with Gasteiger partial charge in [-0.15, -0.1) is 5.92 Å². The predicted octanol–water partition coefficient (Wildman–Crippen LogP) is 1.18. The molecule has 0 radical (unpaired) electrons. The lowest BCUT2D eigenvalue weighted by molar-refractivity contribution is -0.174. The smallest absolute Gasteiger partial charge is 0.351 e. The van der Waals surface area contributed by atoms with E-state index >= 15 is 0 Å². The van der Waals surface area contributed by atoms with Gasteiger partial charge in [-0.1, -0.05) is 12.3 Å². The molecule has 0 aromatic rings. The second kappa shape index (κ2) is 5.94. The van der Waals surface area contributed by atoms with E-state index in [4.69, 9.17) is 4.74 Å². The quantitative estimate of drug-likeness (QED) is 0.615. The molecular weight excluding hydrogens is 242 g/mol. The Kier molecular flexibility index (Phi) is 4.49. The maximum atomic E-state index is 12.3. The minimum Gasteiger partial charge on any atom is -0.459 e. The van der Waals surface area contributed by atoms with E-state index in [1.165, 1.54) is 0 Å². The van der Waals surface area contributed by atoms with Crippen molar-refractivity contribution in [2.75, 3.05) is 20.1 Å². The van der Waals surface area contributed by atoms with Crippen LogP contribution in [0, 0.1) is 17.8 Å². The van der Waals surface area contributed by atoms with Gasteiger partial charge in [-0.25, -0.2) is 4.79 Å². The molecule has 0 bridgehead atoms. The molecule has 4 nitrogen and oxygen atoms in total. The van der Waals surface area contributed by atoms with Gasteiger partial charge >= 0.3 is 5.97 Å². The molecule has 1 unspecified atom stereocenters. The van der Waals surface area contributed by atoms with Crippen molar-refractivity contribution < 1.29 is 14.6 Å². The molecule has 106 valence electrons. The standard InChI is InChI=1S/C15H23NO3/c1-3-9-15(18,12-5-4-6-12)14(17)19-13-7-10-16(2)11-8-13/h12-13,18H,4-8,10-11H2,1-2H3. The van der Waals surface area contributed by atoms with Gasteiger partial charge in [0.05, 0.1) is 0 Å². The molecule has 1 heterocycles. The van der Waals surface area contributed by atoms with Gasteiger partial charge in [-0.3, -0.25) is 0 Å². The normalized spacial score (nSPS) is 24.8. The second-order valence-electron chi connectivity index (χ2n) is 5.68. The van der Waals surface area contributed by atoms with Crippen molar-refractivity contribution in [3.63, 3.8) is 0 Å². The number of aliphatic hydroxyl groups is 1. The van der Waals surface area contributed by atoms with Gasteiger partial charge in [-0.05, 0) is 39.7 Å². The first-order valence-electron chi connectivity index (χ1n) is 7.12. The fourth-order valence-electron chi connectivity index (χ4n) is 2.68. The van der Waals surface area contributed by atoms with E-state index in [9.17, 15) is 9.90 Å². The highest BCUT2D eigenvalue weighted by molar-refractivity contribution is 5.84. The molecule has 0 aromatic heterocycles. The third kappa shape index (κ3) is 3.10. The molecule has 2 rings (SSSR count). The predicted molar refractivity (Wildman–Crippen MR) is 72.4 cm³/mol. The van der Waals surface area contributed by atoms with E-state index in [1.807, 2.05) is 0 Å². The molecule has 1 saturated carbocycles. The Balaban J connectivity index is 1.97. The van der Waals surface area contributed by atoms with E-state index in [1.54, 1.807) is 6.92 Å². The SMILES string of the molecule is CC#CC(O)(C(=O)OC1CCN(C)CC1)C1CCC1. The number of carbonyl (C=O) groups is 1. The highest BCUT2D eigenvalue weighted by atomic mass is 16.6. The van der Waals surface area contributed by atoms with Gasteiger partial charge in [0.25, 0.3) is 0 Å². The highest BCUT2D eigenvalue weighted by Gasteiger charge is 2.47. The van der Waals surface area contributed by atoms with Crippen LogP contribution < -0.4 is 0 Å². The Bertz CT molecular complexity index is 386. The average molecular weight is 265 g/mol. The Morgan fingerprint density at radius 3 is 2.42 bits per heavy atom. The number of esters is 1. The molecule has 1 aliphatic carbocycles. The average Bonchev–Trinajstić information content (AvgIpc) is 2.30. The van der Waals surface area contributed by atoms with Crippen LogP contribution in [-0.2, 0) is 9.53 Å². The summed E-state index contributed by atoms with van der Waals surface area (Å²) >= 11 is 0. The van der Waals surface area contributed by atoms with Crippen LogP contribution in [0.5, 0.6) is 0 Å². The lowest BCUT2D eigenvalue weighted by Crippen LogP contribution is -2.50. The zero-order valence-corrected chi connectivity index (χ0v) is 11.8. The zero-order chi connectivity index (χ0) is 13.9. The number of rotatable bonds is 3. The third-order valence-electron chi connectivity index (χ3n) is 4.26. The minimum absolute atomic E-state index is 0.0567. The van der Waals surface area contributed by atoms with E-state index < -0.39 is 11.6 Å². The number of likely N-dealkylation sites (tertiary alicyclic amines) is 1. The van der Waals surface area contributed by atoms with Crippen LogP contribution in [0.25, 0.3) is 0 Å². The van der Waals surface area contributed by atoms with E-state index in [-0.39, 0.29) is 12.0 Å². The largest absolute Gasteiger partial charge is 0.459 e. The molecule has 0 amide bonds. The van der Waals surface area contributed by atoms with Crippen LogP contribution in [0.15, 0.2) is 0 Å². The molecule has 19 heavy (non-hydrogen) atoms. The lowest BCUT2D eigenvalue weighted by Gasteiger charge is -2.37. The molecule has 1 aliphatic heterocycles. The van der Waals surface area contributed by atoms with E-state index in [0.29, 0.717) is 0 Å². The van der Waals surface area contributed by atoms with Gasteiger partial charge in [0, 0.05) is 19.0 Å². The molecule has 0 aromatic carbocycles. The zero-order valence-electron chi connectivity index (χ0n) is 11.8. The molecule has 1 atom stereocenters. The van der Waals surface area contributed by atoms with Crippen molar-refractivity contribution in [3.8, 4) is 11.8 Å². The number of hydrogen-bond acceptors (Lipinski definition) is 4. The van der Waals surface area contributed by atoms with Crippen molar-refractivity contribution in [2.24, 2.45) is 5.92 Å². The van der Waals surface area contributed by atoms with Crippen molar-refractivity contribution in [2.45, 2.75) is 50.7 Å². The first kappa shape index (κ1) is 14.4. The van der Waals surface area contributed by atoms with E-state index in [0.717, 1.165) is 45.2 Å². The summed E-state index contributed by atoms with van der Waals surface area (Å²) in [7, 11) is 2.06. The summed E-state index contributed by atoms with van der Waals surface area (Å²) in [6, 6.07) is 0. The summed E-state index contributed by atoms with van der Waals surface area (Å²) in [4.78, 5) is 14.5. The van der Waals surface area contributed by atoms with Gasteiger partial charge < -0.3 is 14.7 Å². The molecule has 2 fully saturated rings. The fraction of sp³-hybridized carbons (Fsp3) is 0.800. The van der Waals surface area contributed by atoms with Crippen LogP contribution in [-0.4, -0.2) is 47.8 Å². The molecule has 0 spiro atoms.